The van der Waals surface area contributed by atoms with Crippen LogP contribution in [0.25, 0.3) is 0 Å². The second-order valence-electron chi connectivity index (χ2n) is 6.55. The number of benzene rings is 2. The van der Waals surface area contributed by atoms with E-state index < -0.39 is 0 Å². The normalized spacial score (nSPS) is 15.2. The molecule has 148 valence electrons. The summed E-state index contributed by atoms with van der Waals surface area (Å²) in [5, 5.41) is 4.70. The van der Waals surface area contributed by atoms with E-state index in [9.17, 15) is 4.79 Å². The molecule has 0 bridgehead atoms. The number of carbonyl (C=O) groups is 1. The van der Waals surface area contributed by atoms with Gasteiger partial charge < -0.3 is 10.2 Å². The summed E-state index contributed by atoms with van der Waals surface area (Å²) in [7, 11) is 0. The summed E-state index contributed by atoms with van der Waals surface area (Å²) in [4.78, 5) is 16.7. The smallest absolute Gasteiger partial charge is 0.251 e. The van der Waals surface area contributed by atoms with Gasteiger partial charge in [0.05, 0.1) is 15.7 Å². The highest BCUT2D eigenvalue weighted by Crippen LogP contribution is 2.32. The minimum atomic E-state index is -0.103. The van der Waals surface area contributed by atoms with E-state index in [1.165, 1.54) is 0 Å². The fourth-order valence-corrected chi connectivity index (χ4v) is 3.61. The van der Waals surface area contributed by atoms with Crippen LogP contribution in [0, 0.1) is 0 Å². The Morgan fingerprint density at radius 3 is 2.39 bits per heavy atom. The lowest BCUT2D eigenvalue weighted by atomic mass is 10.2. The Labute approximate surface area is 180 Å². The Hall–Kier alpha value is -1.72. The zero-order chi connectivity index (χ0) is 19.9. The van der Waals surface area contributed by atoms with Gasteiger partial charge in [-0.1, -0.05) is 53.0 Å². The molecule has 1 heterocycles. The van der Waals surface area contributed by atoms with Gasteiger partial charge in [0.25, 0.3) is 5.91 Å². The standard InChI is InChI=1S/C21H22Cl3N3O/c22-17-8-6-16(7-9-17)21(28)25-10-1-2-11-26-12-14-27(15-13-26)19-5-3-4-18(23)20(19)24/h1-9H,10-15H2,(H,25,28)/b2-1+. The van der Waals surface area contributed by atoms with Crippen molar-refractivity contribution in [3.05, 3.63) is 75.2 Å². The maximum absolute atomic E-state index is 12.0. The van der Waals surface area contributed by atoms with Crippen LogP contribution in [0.15, 0.2) is 54.6 Å². The van der Waals surface area contributed by atoms with E-state index >= 15 is 0 Å². The highest BCUT2D eigenvalue weighted by Gasteiger charge is 2.18. The Kier molecular flexibility index (Phi) is 7.63. The lowest BCUT2D eigenvalue weighted by Gasteiger charge is -2.36. The lowest BCUT2D eigenvalue weighted by Crippen LogP contribution is -2.46. The summed E-state index contributed by atoms with van der Waals surface area (Å²) in [6.07, 6.45) is 4.07. The number of piperazine rings is 1. The van der Waals surface area contributed by atoms with Crippen molar-refractivity contribution in [1.82, 2.24) is 10.2 Å². The van der Waals surface area contributed by atoms with Gasteiger partial charge in [0, 0.05) is 49.9 Å². The molecule has 0 radical (unpaired) electrons. The number of amides is 1. The Balaban J connectivity index is 1.39. The van der Waals surface area contributed by atoms with Gasteiger partial charge in [0.1, 0.15) is 0 Å². The number of hydrogen-bond donors (Lipinski definition) is 1. The van der Waals surface area contributed by atoms with Gasteiger partial charge in [-0.15, -0.1) is 0 Å². The van der Waals surface area contributed by atoms with Crippen LogP contribution in [0.4, 0.5) is 5.69 Å². The number of hydrogen-bond acceptors (Lipinski definition) is 3. The van der Waals surface area contributed by atoms with Crippen LogP contribution < -0.4 is 10.2 Å². The van der Waals surface area contributed by atoms with Crippen molar-refractivity contribution >= 4 is 46.4 Å². The van der Waals surface area contributed by atoms with Crippen molar-refractivity contribution in [2.75, 3.05) is 44.2 Å². The molecule has 0 aromatic heterocycles. The third-order valence-electron chi connectivity index (χ3n) is 4.66. The maximum atomic E-state index is 12.0. The molecule has 2 aromatic rings. The summed E-state index contributed by atoms with van der Waals surface area (Å²) < 4.78 is 0. The lowest BCUT2D eigenvalue weighted by molar-refractivity contribution is 0.0958. The fourth-order valence-electron chi connectivity index (χ4n) is 3.07. The van der Waals surface area contributed by atoms with Crippen molar-refractivity contribution in [2.45, 2.75) is 0 Å². The van der Waals surface area contributed by atoms with Gasteiger partial charge in [-0.3, -0.25) is 9.69 Å². The molecular weight excluding hydrogens is 417 g/mol. The number of anilines is 1. The van der Waals surface area contributed by atoms with E-state index in [4.69, 9.17) is 34.8 Å². The molecule has 0 spiro atoms. The van der Waals surface area contributed by atoms with Crippen LogP contribution in [-0.4, -0.2) is 50.1 Å². The Morgan fingerprint density at radius 1 is 0.964 bits per heavy atom. The summed E-state index contributed by atoms with van der Waals surface area (Å²) >= 11 is 18.3. The van der Waals surface area contributed by atoms with Gasteiger partial charge in [-0.05, 0) is 36.4 Å². The van der Waals surface area contributed by atoms with E-state index in [1.807, 2.05) is 18.2 Å². The Bertz CT molecular complexity index is 831. The summed E-state index contributed by atoms with van der Waals surface area (Å²) in [6.45, 7) is 5.06. The first-order valence-electron chi connectivity index (χ1n) is 9.14. The minimum absolute atomic E-state index is 0.103. The zero-order valence-corrected chi connectivity index (χ0v) is 17.6. The van der Waals surface area contributed by atoms with E-state index in [0.717, 1.165) is 38.4 Å². The molecular formula is C21H22Cl3N3O. The number of rotatable bonds is 6. The van der Waals surface area contributed by atoms with Crippen molar-refractivity contribution in [2.24, 2.45) is 0 Å². The van der Waals surface area contributed by atoms with E-state index in [0.29, 0.717) is 27.2 Å². The van der Waals surface area contributed by atoms with Gasteiger partial charge in [0.2, 0.25) is 0 Å². The third kappa shape index (κ3) is 5.65. The number of halogens is 3. The predicted octanol–water partition coefficient (Wildman–Crippen LogP) is 4.76. The average molecular weight is 439 g/mol. The molecule has 4 nitrogen and oxygen atoms in total. The van der Waals surface area contributed by atoms with Crippen LogP contribution in [-0.2, 0) is 0 Å². The maximum Gasteiger partial charge on any atom is 0.251 e. The quantitative estimate of drug-likeness (QED) is 0.661. The average Bonchev–Trinajstić information content (AvgIpc) is 2.71. The number of nitrogens with one attached hydrogen (secondary N) is 1. The molecule has 2 aromatic carbocycles. The van der Waals surface area contributed by atoms with E-state index in [2.05, 4.69) is 21.2 Å². The van der Waals surface area contributed by atoms with Crippen LogP contribution in [0.2, 0.25) is 15.1 Å². The first-order valence-corrected chi connectivity index (χ1v) is 10.3. The van der Waals surface area contributed by atoms with Crippen molar-refractivity contribution in [3.63, 3.8) is 0 Å². The molecule has 0 saturated carbocycles. The molecule has 28 heavy (non-hydrogen) atoms. The molecule has 1 N–H and O–H groups in total. The number of carbonyl (C=O) groups excluding carboxylic acids is 1. The van der Waals surface area contributed by atoms with Crippen molar-refractivity contribution < 1.29 is 4.79 Å². The first-order chi connectivity index (χ1) is 13.5. The van der Waals surface area contributed by atoms with Gasteiger partial charge in [-0.2, -0.15) is 0 Å². The number of nitrogens with zero attached hydrogens (tertiary/aromatic N) is 2. The van der Waals surface area contributed by atoms with Gasteiger partial charge >= 0.3 is 0 Å². The van der Waals surface area contributed by atoms with Crippen molar-refractivity contribution in [3.8, 4) is 0 Å². The molecule has 0 aliphatic carbocycles. The van der Waals surface area contributed by atoms with Crippen molar-refractivity contribution in [1.29, 1.82) is 0 Å². The largest absolute Gasteiger partial charge is 0.368 e. The second-order valence-corrected chi connectivity index (χ2v) is 7.77. The van der Waals surface area contributed by atoms with Crippen LogP contribution in [0.5, 0.6) is 0 Å². The Morgan fingerprint density at radius 2 is 1.68 bits per heavy atom. The second kappa shape index (κ2) is 10.2. The van der Waals surface area contributed by atoms with E-state index in [-0.39, 0.29) is 5.91 Å². The summed E-state index contributed by atoms with van der Waals surface area (Å²) in [5.74, 6) is -0.103. The molecule has 1 aliphatic rings. The molecule has 0 unspecified atom stereocenters. The molecule has 1 amide bonds. The first kappa shape index (κ1) is 21.0. The van der Waals surface area contributed by atoms with E-state index in [1.54, 1.807) is 30.3 Å². The zero-order valence-electron chi connectivity index (χ0n) is 15.4. The van der Waals surface area contributed by atoms with Crippen LogP contribution in [0.3, 0.4) is 0 Å². The molecule has 7 heteroatoms. The fraction of sp³-hybridized carbons (Fsp3) is 0.286. The van der Waals surface area contributed by atoms with Gasteiger partial charge in [0.15, 0.2) is 0 Å². The molecule has 1 saturated heterocycles. The highest BCUT2D eigenvalue weighted by molar-refractivity contribution is 6.43. The molecule has 0 atom stereocenters. The SMILES string of the molecule is O=C(NC/C=C/CN1CCN(c2cccc(Cl)c2Cl)CC1)c1ccc(Cl)cc1. The minimum Gasteiger partial charge on any atom is -0.368 e. The summed E-state index contributed by atoms with van der Waals surface area (Å²) in [5.41, 5.74) is 1.60. The topological polar surface area (TPSA) is 35.6 Å². The van der Waals surface area contributed by atoms with Crippen LogP contribution in [0.1, 0.15) is 10.4 Å². The highest BCUT2D eigenvalue weighted by atomic mass is 35.5. The van der Waals surface area contributed by atoms with Gasteiger partial charge in [-0.25, -0.2) is 0 Å². The predicted molar refractivity (Wildman–Crippen MR) is 118 cm³/mol. The van der Waals surface area contributed by atoms with Crippen LogP contribution >= 0.6 is 34.8 Å². The molecule has 1 fully saturated rings. The third-order valence-corrected chi connectivity index (χ3v) is 5.72. The monoisotopic (exact) mass is 437 g/mol. The molecule has 1 aliphatic heterocycles. The molecule has 3 rings (SSSR count). The summed E-state index contributed by atoms with van der Waals surface area (Å²) in [6, 6.07) is 12.6.